The van der Waals surface area contributed by atoms with E-state index >= 15 is 0 Å². The van der Waals surface area contributed by atoms with E-state index in [1.54, 1.807) is 7.11 Å². The summed E-state index contributed by atoms with van der Waals surface area (Å²) in [6, 6.07) is 31.3. The molecule has 0 radical (unpaired) electrons. The molecule has 4 heterocycles. The smallest absolute Gasteiger partial charge is 0.261 e. The highest BCUT2D eigenvalue weighted by atomic mass is 16.5. The number of anilines is 3. The van der Waals surface area contributed by atoms with Gasteiger partial charge in [0.2, 0.25) is 0 Å². The van der Waals surface area contributed by atoms with Crippen molar-refractivity contribution in [2.24, 2.45) is 4.99 Å². The van der Waals surface area contributed by atoms with Gasteiger partial charge in [0.15, 0.2) is 11.5 Å². The number of nitrogens with zero attached hydrogens (tertiary/aromatic N) is 3. The van der Waals surface area contributed by atoms with Gasteiger partial charge in [-0.25, -0.2) is 0 Å². The van der Waals surface area contributed by atoms with E-state index in [9.17, 15) is 4.79 Å². The van der Waals surface area contributed by atoms with Gasteiger partial charge in [0.25, 0.3) is 5.91 Å². The number of para-hydroxylation sites is 2. The molecule has 0 saturated carbocycles. The third-order valence-electron chi connectivity index (χ3n) is 10.8. The van der Waals surface area contributed by atoms with Gasteiger partial charge in [-0.15, -0.1) is 0 Å². The second-order valence-electron chi connectivity index (χ2n) is 14.1. The molecule has 4 aliphatic rings. The number of aryl methyl sites for hydroxylation is 2. The molecule has 2 N–H and O–H groups in total. The number of hydrogen-bond acceptors (Lipinski definition) is 7. The number of fused-ring (bicyclic) bond motifs is 8. The summed E-state index contributed by atoms with van der Waals surface area (Å²) in [7, 11) is 1.70. The van der Waals surface area contributed by atoms with Gasteiger partial charge in [-0.3, -0.25) is 14.7 Å². The monoisotopic (exact) mass is 676 g/mol. The number of nitrogen functional groups attached to an aromatic ring is 1. The van der Waals surface area contributed by atoms with Crippen molar-refractivity contribution in [2.75, 3.05) is 22.6 Å². The van der Waals surface area contributed by atoms with E-state index in [0.29, 0.717) is 41.9 Å². The maximum Gasteiger partial charge on any atom is 0.261 e. The van der Waals surface area contributed by atoms with E-state index in [2.05, 4.69) is 53.4 Å². The lowest BCUT2D eigenvalue weighted by molar-refractivity contribution is 0.0987. The lowest BCUT2D eigenvalue weighted by Gasteiger charge is -2.25. The standard InChI is InChI=1S/C43H40N4O4/c1-26-13-36-37(45-22-35-18-31-8-4-6-10-39(31)47(35)43(36)48)21-40(26)50-24-27-14-28(16-33(44)15-27)25-51-42-19-29-11-12-34-17-30-7-3-5-9-38(30)46(34)23-32(29)20-41(42)49-2/h3-10,13-16,19-22,34-35H,11-12,17-18,23-25,44H2,1-2H3/t34-,35+/m1/s1. The van der Waals surface area contributed by atoms with Crippen molar-refractivity contribution in [2.45, 2.75) is 64.4 Å². The Bertz CT molecular complexity index is 2230. The molecule has 4 aliphatic heterocycles. The zero-order chi connectivity index (χ0) is 34.6. The molecule has 9 rings (SSSR count). The molecule has 0 bridgehead atoms. The predicted octanol–water partition coefficient (Wildman–Crippen LogP) is 7.91. The number of nitrogens with two attached hydrogens (primary N) is 1. The number of benzene rings is 5. The number of hydrogen-bond donors (Lipinski definition) is 1. The highest BCUT2D eigenvalue weighted by molar-refractivity contribution is 6.14. The first kappa shape index (κ1) is 31.2. The third-order valence-corrected chi connectivity index (χ3v) is 10.8. The number of amides is 1. The lowest BCUT2D eigenvalue weighted by atomic mass is 10.00. The van der Waals surface area contributed by atoms with Crippen LogP contribution in [-0.2, 0) is 39.0 Å². The first-order chi connectivity index (χ1) is 24.9. The minimum atomic E-state index is -0.0958. The summed E-state index contributed by atoms with van der Waals surface area (Å²) in [6.07, 6.45) is 5.84. The molecule has 0 aromatic heterocycles. The number of methoxy groups -OCH3 is 1. The molecular weight excluding hydrogens is 636 g/mol. The maximum absolute atomic E-state index is 13.7. The van der Waals surface area contributed by atoms with Crippen LogP contribution in [0.4, 0.5) is 22.7 Å². The number of rotatable bonds is 7. The van der Waals surface area contributed by atoms with Gasteiger partial charge in [0.05, 0.1) is 24.4 Å². The Kier molecular flexibility index (Phi) is 7.68. The first-order valence-electron chi connectivity index (χ1n) is 17.7. The summed E-state index contributed by atoms with van der Waals surface area (Å²) in [4.78, 5) is 22.9. The van der Waals surface area contributed by atoms with Crippen LogP contribution in [0, 0.1) is 6.92 Å². The summed E-state index contributed by atoms with van der Waals surface area (Å²) in [5.41, 5.74) is 18.5. The van der Waals surface area contributed by atoms with Crippen LogP contribution in [-0.4, -0.2) is 31.3 Å². The van der Waals surface area contributed by atoms with Crippen LogP contribution in [0.15, 0.2) is 96.0 Å². The molecule has 51 heavy (non-hydrogen) atoms. The largest absolute Gasteiger partial charge is 0.493 e. The van der Waals surface area contributed by atoms with Gasteiger partial charge < -0.3 is 24.8 Å². The molecule has 5 aromatic carbocycles. The summed E-state index contributed by atoms with van der Waals surface area (Å²) in [6.45, 7) is 3.47. The number of aliphatic imine (C=N–C) groups is 1. The molecule has 8 heteroatoms. The van der Waals surface area contributed by atoms with Crippen LogP contribution in [0.5, 0.6) is 17.2 Å². The van der Waals surface area contributed by atoms with Crippen molar-refractivity contribution in [1.82, 2.24) is 0 Å². The highest BCUT2D eigenvalue weighted by Gasteiger charge is 2.36. The van der Waals surface area contributed by atoms with Gasteiger partial charge in [0, 0.05) is 48.4 Å². The van der Waals surface area contributed by atoms with Crippen LogP contribution in [0.25, 0.3) is 0 Å². The molecule has 2 atom stereocenters. The fourth-order valence-corrected chi connectivity index (χ4v) is 8.28. The summed E-state index contributed by atoms with van der Waals surface area (Å²) in [5.74, 6) is 2.11. The molecule has 8 nitrogen and oxygen atoms in total. The summed E-state index contributed by atoms with van der Waals surface area (Å²) >= 11 is 0. The van der Waals surface area contributed by atoms with Crippen molar-refractivity contribution in [1.29, 1.82) is 0 Å². The van der Waals surface area contributed by atoms with Gasteiger partial charge >= 0.3 is 0 Å². The van der Waals surface area contributed by atoms with Crippen LogP contribution >= 0.6 is 0 Å². The second kappa shape index (κ2) is 12.5. The topological polar surface area (TPSA) is 89.6 Å². The van der Waals surface area contributed by atoms with E-state index in [1.165, 1.54) is 27.9 Å². The van der Waals surface area contributed by atoms with Gasteiger partial charge in [-0.05, 0) is 114 Å². The number of ether oxygens (including phenoxy) is 3. The summed E-state index contributed by atoms with van der Waals surface area (Å²) in [5, 5.41) is 0. The molecule has 0 fully saturated rings. The van der Waals surface area contributed by atoms with Crippen molar-refractivity contribution >= 4 is 34.9 Å². The minimum absolute atomic E-state index is 0.0372. The van der Waals surface area contributed by atoms with E-state index in [1.807, 2.05) is 60.5 Å². The van der Waals surface area contributed by atoms with Crippen LogP contribution in [0.3, 0.4) is 0 Å². The van der Waals surface area contributed by atoms with E-state index in [-0.39, 0.29) is 11.9 Å². The van der Waals surface area contributed by atoms with E-state index < -0.39 is 0 Å². The SMILES string of the molecule is COc1cc2c(cc1OCc1cc(N)cc(COc3cc4c(cc3C)C(=O)N3c5ccccc5C[C@H]3C=N4)c1)CC[C@@H]1Cc3ccccc3N1C2. The quantitative estimate of drug-likeness (QED) is 0.176. The first-order valence-corrected chi connectivity index (χ1v) is 17.7. The molecule has 256 valence electrons. The maximum atomic E-state index is 13.7. The predicted molar refractivity (Wildman–Crippen MR) is 201 cm³/mol. The summed E-state index contributed by atoms with van der Waals surface area (Å²) < 4.78 is 18.6. The molecule has 0 saturated heterocycles. The zero-order valence-electron chi connectivity index (χ0n) is 28.9. The highest BCUT2D eigenvalue weighted by Crippen LogP contribution is 2.42. The minimum Gasteiger partial charge on any atom is -0.493 e. The second-order valence-corrected chi connectivity index (χ2v) is 14.1. The van der Waals surface area contributed by atoms with E-state index in [4.69, 9.17) is 24.9 Å². The van der Waals surface area contributed by atoms with Crippen molar-refractivity contribution in [3.8, 4) is 17.2 Å². The lowest BCUT2D eigenvalue weighted by Crippen LogP contribution is -2.37. The van der Waals surface area contributed by atoms with Crippen LogP contribution in [0.2, 0.25) is 0 Å². The Morgan fingerprint density at radius 3 is 2.27 bits per heavy atom. The Hall–Kier alpha value is -5.76. The van der Waals surface area contributed by atoms with Crippen molar-refractivity contribution in [3.05, 3.63) is 136 Å². The molecule has 0 spiro atoms. The van der Waals surface area contributed by atoms with Gasteiger partial charge in [-0.2, -0.15) is 0 Å². The Morgan fingerprint density at radius 2 is 1.49 bits per heavy atom. The number of carbonyl (C=O) groups excluding carboxylic acids is 1. The molecule has 5 aromatic rings. The average molecular weight is 677 g/mol. The molecular formula is C43H40N4O4. The Balaban J connectivity index is 0.898. The van der Waals surface area contributed by atoms with Gasteiger partial charge in [0.1, 0.15) is 19.0 Å². The Labute approximate surface area is 298 Å². The van der Waals surface area contributed by atoms with Gasteiger partial charge in [-0.1, -0.05) is 36.4 Å². The molecule has 1 amide bonds. The van der Waals surface area contributed by atoms with Crippen LogP contribution in [0.1, 0.15) is 55.7 Å². The average Bonchev–Trinajstić information content (AvgIpc) is 3.59. The normalized spacial score (nSPS) is 18.1. The zero-order valence-corrected chi connectivity index (χ0v) is 28.9. The molecule has 0 aliphatic carbocycles. The van der Waals surface area contributed by atoms with Crippen LogP contribution < -0.4 is 29.7 Å². The fourth-order valence-electron chi connectivity index (χ4n) is 8.28. The molecule has 0 unspecified atom stereocenters. The van der Waals surface area contributed by atoms with E-state index in [0.717, 1.165) is 66.1 Å². The van der Waals surface area contributed by atoms with Crippen molar-refractivity contribution in [3.63, 3.8) is 0 Å². The third kappa shape index (κ3) is 5.65. The fraction of sp³-hybridized carbons (Fsp3) is 0.256. The Morgan fingerprint density at radius 1 is 0.784 bits per heavy atom. The number of carbonyl (C=O) groups is 1. The van der Waals surface area contributed by atoms with Crippen molar-refractivity contribution < 1.29 is 19.0 Å².